The summed E-state index contributed by atoms with van der Waals surface area (Å²) in [5.74, 6) is 0.295. The minimum absolute atomic E-state index is 0.189. The molecular weight excluding hydrogens is 322 g/mol. The van der Waals surface area contributed by atoms with Gasteiger partial charge < -0.3 is 4.90 Å². The molecule has 4 heteroatoms. The molecule has 2 aliphatic heterocycles. The zero-order chi connectivity index (χ0) is 17.8. The Kier molecular flexibility index (Phi) is 5.00. The van der Waals surface area contributed by atoms with Crippen LogP contribution in [0.5, 0.6) is 0 Å². The average molecular weight is 347 g/mol. The van der Waals surface area contributed by atoms with E-state index >= 15 is 0 Å². The molecule has 2 heterocycles. The van der Waals surface area contributed by atoms with Gasteiger partial charge in [-0.2, -0.15) is 5.10 Å². The molecule has 0 radical (unpaired) electrons. The van der Waals surface area contributed by atoms with Gasteiger partial charge in [-0.3, -0.25) is 9.80 Å². The van der Waals surface area contributed by atoms with Gasteiger partial charge in [-0.15, -0.1) is 0 Å². The largest absolute Gasteiger partial charge is 0.341 e. The summed E-state index contributed by atoms with van der Waals surface area (Å²) in [6.07, 6.45) is 4.83. The van der Waals surface area contributed by atoms with Crippen molar-refractivity contribution in [2.75, 3.05) is 18.1 Å². The zero-order valence-corrected chi connectivity index (χ0v) is 15.1. The molecule has 134 valence electrons. The van der Waals surface area contributed by atoms with E-state index in [9.17, 15) is 4.79 Å². The summed E-state index contributed by atoms with van der Waals surface area (Å²) in [4.78, 5) is 14.5. The number of carbonyl (C=O) groups excluding carboxylic acids is 1. The van der Waals surface area contributed by atoms with Crippen molar-refractivity contribution in [2.45, 2.75) is 38.1 Å². The van der Waals surface area contributed by atoms with Crippen molar-refractivity contribution in [3.05, 3.63) is 66.2 Å². The third-order valence-corrected chi connectivity index (χ3v) is 5.23. The first kappa shape index (κ1) is 16.8. The highest BCUT2D eigenvalue weighted by atomic mass is 16.2. The van der Waals surface area contributed by atoms with Gasteiger partial charge in [-0.25, -0.2) is 0 Å². The minimum Gasteiger partial charge on any atom is -0.341 e. The van der Waals surface area contributed by atoms with E-state index in [-0.39, 0.29) is 6.04 Å². The first-order valence-corrected chi connectivity index (χ1v) is 9.56. The monoisotopic (exact) mass is 347 g/mol. The summed E-state index contributed by atoms with van der Waals surface area (Å²) in [5.41, 5.74) is 3.35. The average Bonchev–Trinajstić information content (AvgIpc) is 3.01. The van der Waals surface area contributed by atoms with E-state index < -0.39 is 0 Å². The third kappa shape index (κ3) is 3.64. The molecule has 0 saturated carbocycles. The molecule has 2 aliphatic rings. The van der Waals surface area contributed by atoms with Crippen LogP contribution in [0.25, 0.3) is 0 Å². The number of hydrogen-bond donors (Lipinski definition) is 0. The molecule has 4 nitrogen and oxygen atoms in total. The van der Waals surface area contributed by atoms with Crippen LogP contribution in [0.3, 0.4) is 0 Å². The van der Waals surface area contributed by atoms with E-state index in [2.05, 4.69) is 46.3 Å². The Bertz CT molecular complexity index is 772. The molecule has 4 rings (SSSR count). The van der Waals surface area contributed by atoms with Gasteiger partial charge in [0, 0.05) is 25.9 Å². The van der Waals surface area contributed by atoms with Gasteiger partial charge in [0.1, 0.15) is 0 Å². The Hall–Kier alpha value is -2.62. The standard InChI is InChI=1S/C22H25N3O/c26-22-14-8-3-9-15-24(22)17-20-16-21(18-10-4-1-5-11-18)23-25(20)19-12-6-2-7-13-19/h1-2,4-7,10-13,20H,3,8-9,14-17H2. The molecule has 0 bridgehead atoms. The Balaban J connectivity index is 1.59. The summed E-state index contributed by atoms with van der Waals surface area (Å²) in [6, 6.07) is 20.8. The number of likely N-dealkylation sites (tertiary alicyclic amines) is 1. The number of amides is 1. The summed E-state index contributed by atoms with van der Waals surface area (Å²) in [7, 11) is 0. The van der Waals surface area contributed by atoms with E-state index in [0.717, 1.165) is 55.7 Å². The lowest BCUT2D eigenvalue weighted by atomic mass is 10.0. The lowest BCUT2D eigenvalue weighted by Gasteiger charge is -2.29. The van der Waals surface area contributed by atoms with E-state index in [1.165, 1.54) is 0 Å². The quantitative estimate of drug-likeness (QED) is 0.836. The minimum atomic E-state index is 0.189. The molecule has 1 amide bonds. The van der Waals surface area contributed by atoms with Crippen LogP contribution in [-0.2, 0) is 4.79 Å². The molecule has 1 fully saturated rings. The van der Waals surface area contributed by atoms with Crippen LogP contribution >= 0.6 is 0 Å². The second kappa shape index (κ2) is 7.73. The molecule has 0 aliphatic carbocycles. The summed E-state index contributed by atoms with van der Waals surface area (Å²) in [5, 5.41) is 7.05. The van der Waals surface area contributed by atoms with Gasteiger partial charge in [0.25, 0.3) is 0 Å². The van der Waals surface area contributed by atoms with Crippen molar-refractivity contribution in [1.82, 2.24) is 4.90 Å². The fraction of sp³-hybridized carbons (Fsp3) is 0.364. The second-order valence-corrected chi connectivity index (χ2v) is 7.10. The normalized spacial score (nSPS) is 20.8. The molecule has 2 aromatic rings. The Morgan fingerprint density at radius 2 is 1.65 bits per heavy atom. The maximum atomic E-state index is 12.5. The van der Waals surface area contributed by atoms with Gasteiger partial charge in [0.15, 0.2) is 0 Å². The lowest BCUT2D eigenvalue weighted by Crippen LogP contribution is -2.42. The highest BCUT2D eigenvalue weighted by Gasteiger charge is 2.31. The first-order valence-electron chi connectivity index (χ1n) is 9.56. The van der Waals surface area contributed by atoms with Crippen molar-refractivity contribution < 1.29 is 4.79 Å². The molecule has 26 heavy (non-hydrogen) atoms. The number of anilines is 1. The number of rotatable bonds is 4. The topological polar surface area (TPSA) is 35.9 Å². The van der Waals surface area contributed by atoms with E-state index in [1.807, 2.05) is 24.3 Å². The molecular formula is C22H25N3O. The Morgan fingerprint density at radius 3 is 2.42 bits per heavy atom. The Morgan fingerprint density at radius 1 is 0.923 bits per heavy atom. The second-order valence-electron chi connectivity index (χ2n) is 7.10. The van der Waals surface area contributed by atoms with Crippen molar-refractivity contribution in [1.29, 1.82) is 0 Å². The van der Waals surface area contributed by atoms with Gasteiger partial charge in [0.2, 0.25) is 5.91 Å². The number of nitrogens with zero attached hydrogens (tertiary/aromatic N) is 3. The predicted molar refractivity (Wildman–Crippen MR) is 105 cm³/mol. The summed E-state index contributed by atoms with van der Waals surface area (Å²) < 4.78 is 0. The number of hydrogen-bond acceptors (Lipinski definition) is 3. The van der Waals surface area contributed by atoms with Gasteiger partial charge in [-0.1, -0.05) is 55.0 Å². The van der Waals surface area contributed by atoms with Gasteiger partial charge in [0.05, 0.1) is 17.4 Å². The van der Waals surface area contributed by atoms with Crippen LogP contribution in [-0.4, -0.2) is 35.7 Å². The van der Waals surface area contributed by atoms with Crippen LogP contribution in [0.1, 0.15) is 37.7 Å². The SMILES string of the molecule is O=C1CCCCCN1CC1CC(c2ccccc2)=NN1c1ccccc1. The zero-order valence-electron chi connectivity index (χ0n) is 15.1. The van der Waals surface area contributed by atoms with Crippen LogP contribution in [0, 0.1) is 0 Å². The smallest absolute Gasteiger partial charge is 0.222 e. The van der Waals surface area contributed by atoms with E-state index in [4.69, 9.17) is 5.10 Å². The van der Waals surface area contributed by atoms with E-state index in [0.29, 0.717) is 12.3 Å². The first-order chi connectivity index (χ1) is 12.8. The predicted octanol–water partition coefficient (Wildman–Crippen LogP) is 4.07. The van der Waals surface area contributed by atoms with Crippen LogP contribution in [0.2, 0.25) is 0 Å². The van der Waals surface area contributed by atoms with Crippen LogP contribution in [0.4, 0.5) is 5.69 Å². The fourth-order valence-electron chi connectivity index (χ4n) is 3.85. The van der Waals surface area contributed by atoms with Gasteiger partial charge in [-0.05, 0) is 30.5 Å². The number of hydrazone groups is 1. The van der Waals surface area contributed by atoms with Gasteiger partial charge >= 0.3 is 0 Å². The molecule has 1 unspecified atom stereocenters. The highest BCUT2D eigenvalue weighted by Crippen LogP contribution is 2.28. The van der Waals surface area contributed by atoms with E-state index in [1.54, 1.807) is 0 Å². The lowest BCUT2D eigenvalue weighted by molar-refractivity contribution is -0.130. The number of benzene rings is 2. The van der Waals surface area contributed by atoms with Crippen molar-refractivity contribution in [3.8, 4) is 0 Å². The number of carbonyl (C=O) groups is 1. The molecule has 1 atom stereocenters. The number of para-hydroxylation sites is 1. The molecule has 2 aromatic carbocycles. The van der Waals surface area contributed by atoms with Crippen molar-refractivity contribution >= 4 is 17.3 Å². The maximum Gasteiger partial charge on any atom is 0.222 e. The molecule has 1 saturated heterocycles. The van der Waals surface area contributed by atoms with Crippen LogP contribution < -0.4 is 5.01 Å². The third-order valence-electron chi connectivity index (χ3n) is 5.23. The molecule has 0 spiro atoms. The van der Waals surface area contributed by atoms with Crippen LogP contribution in [0.15, 0.2) is 65.8 Å². The highest BCUT2D eigenvalue weighted by molar-refractivity contribution is 6.03. The summed E-state index contributed by atoms with van der Waals surface area (Å²) >= 11 is 0. The molecule has 0 N–H and O–H groups in total. The summed E-state index contributed by atoms with van der Waals surface area (Å²) in [6.45, 7) is 1.62. The van der Waals surface area contributed by atoms with Crippen molar-refractivity contribution in [2.24, 2.45) is 5.10 Å². The van der Waals surface area contributed by atoms with Crippen molar-refractivity contribution in [3.63, 3.8) is 0 Å². The maximum absolute atomic E-state index is 12.5. The Labute approximate surface area is 155 Å². The molecule has 0 aromatic heterocycles. The fourth-order valence-corrected chi connectivity index (χ4v) is 3.85.